The van der Waals surface area contributed by atoms with Crippen LogP contribution in [0.2, 0.25) is 0 Å². The molecular formula is C18H22N6OS2. The minimum Gasteiger partial charge on any atom is -0.373 e. The molecule has 27 heavy (non-hydrogen) atoms. The molecule has 7 nitrogen and oxygen atoms in total. The Hall–Kier alpha value is -1.84. The topological polar surface area (TPSA) is 76.1 Å². The fourth-order valence-electron chi connectivity index (χ4n) is 3.92. The highest BCUT2D eigenvalue weighted by Crippen LogP contribution is 2.38. The van der Waals surface area contributed by atoms with E-state index in [-0.39, 0.29) is 6.10 Å². The number of aromatic nitrogens is 4. The van der Waals surface area contributed by atoms with Gasteiger partial charge in [-0.25, -0.2) is 9.97 Å². The van der Waals surface area contributed by atoms with Crippen LogP contribution in [-0.2, 0) is 17.6 Å². The molecule has 5 rings (SSSR count). The Morgan fingerprint density at radius 2 is 2.22 bits per heavy atom. The van der Waals surface area contributed by atoms with Gasteiger partial charge in [-0.3, -0.25) is 0 Å². The van der Waals surface area contributed by atoms with E-state index >= 15 is 0 Å². The van der Waals surface area contributed by atoms with Gasteiger partial charge in [0.15, 0.2) is 0 Å². The van der Waals surface area contributed by atoms with Crippen molar-refractivity contribution in [3.05, 3.63) is 21.8 Å². The Bertz CT molecular complexity index is 941. The number of fused-ring (bicyclic) bond motifs is 3. The summed E-state index contributed by atoms with van der Waals surface area (Å²) in [6.07, 6.45) is 4.96. The molecule has 1 fully saturated rings. The second kappa shape index (κ2) is 7.29. The highest BCUT2D eigenvalue weighted by atomic mass is 32.1. The molecule has 1 saturated heterocycles. The quantitative estimate of drug-likeness (QED) is 0.719. The van der Waals surface area contributed by atoms with Crippen molar-refractivity contribution in [2.24, 2.45) is 0 Å². The second-order valence-corrected chi connectivity index (χ2v) is 8.95. The van der Waals surface area contributed by atoms with Crippen LogP contribution < -0.4 is 10.2 Å². The lowest BCUT2D eigenvalue weighted by Crippen LogP contribution is -2.45. The fourth-order valence-corrected chi connectivity index (χ4v) is 5.83. The number of ether oxygens (including phenoxy) is 1. The third kappa shape index (κ3) is 3.39. The molecule has 0 aromatic carbocycles. The maximum atomic E-state index is 5.98. The Kier molecular flexibility index (Phi) is 4.66. The fraction of sp³-hybridized carbons (Fsp3) is 0.556. The molecule has 0 bridgehead atoms. The molecule has 1 N–H and O–H groups in total. The molecular weight excluding hydrogens is 380 g/mol. The van der Waals surface area contributed by atoms with Crippen molar-refractivity contribution >= 4 is 43.8 Å². The average molecular weight is 403 g/mol. The van der Waals surface area contributed by atoms with Crippen LogP contribution in [0.4, 0.5) is 10.9 Å². The maximum Gasteiger partial charge on any atom is 0.208 e. The van der Waals surface area contributed by atoms with Gasteiger partial charge in [-0.15, -0.1) is 21.5 Å². The summed E-state index contributed by atoms with van der Waals surface area (Å²) in [5.74, 6) is 1.79. The van der Waals surface area contributed by atoms with Gasteiger partial charge in [0.25, 0.3) is 0 Å². The third-order valence-electron chi connectivity index (χ3n) is 5.18. The Labute approximate surface area is 165 Å². The highest BCUT2D eigenvalue weighted by Gasteiger charge is 2.24. The predicted molar refractivity (Wildman–Crippen MR) is 109 cm³/mol. The van der Waals surface area contributed by atoms with Crippen molar-refractivity contribution in [1.29, 1.82) is 0 Å². The Balaban J connectivity index is 1.36. The number of thiophene rings is 1. The number of hydrogen-bond acceptors (Lipinski definition) is 9. The summed E-state index contributed by atoms with van der Waals surface area (Å²) in [7, 11) is 0. The zero-order chi connectivity index (χ0) is 18.2. The number of nitrogens with zero attached hydrogens (tertiary/aromatic N) is 5. The molecule has 4 heterocycles. The number of aryl methyl sites for hydroxylation is 3. The first kappa shape index (κ1) is 17.3. The van der Waals surface area contributed by atoms with E-state index in [4.69, 9.17) is 14.7 Å². The number of anilines is 2. The first-order chi connectivity index (χ1) is 13.3. The molecule has 0 spiro atoms. The Morgan fingerprint density at radius 1 is 1.30 bits per heavy atom. The molecule has 1 atom stereocenters. The first-order valence-corrected chi connectivity index (χ1v) is 11.1. The minimum absolute atomic E-state index is 0.0995. The smallest absolute Gasteiger partial charge is 0.208 e. The van der Waals surface area contributed by atoms with Crippen LogP contribution in [0.3, 0.4) is 0 Å². The summed E-state index contributed by atoms with van der Waals surface area (Å²) in [5.41, 5.74) is 3.24. The molecule has 0 radical (unpaired) electrons. The van der Waals surface area contributed by atoms with E-state index in [1.807, 2.05) is 18.3 Å². The summed E-state index contributed by atoms with van der Waals surface area (Å²) >= 11 is 3.42. The molecule has 0 saturated carbocycles. The van der Waals surface area contributed by atoms with Crippen LogP contribution in [0.25, 0.3) is 10.2 Å². The summed E-state index contributed by atoms with van der Waals surface area (Å²) in [6, 6.07) is 0. The lowest BCUT2D eigenvalue weighted by atomic mass is 9.97. The summed E-state index contributed by atoms with van der Waals surface area (Å²) in [5, 5.41) is 13.9. The standard InChI is InChI=1S/C18H22N6OS2/c1-11-21-16(15-13-4-2-3-5-14(13)27-17(15)22-11)19-8-12-9-24(6-7-25-12)18-23-20-10-26-18/h10,12H,2-9H2,1H3,(H,19,21,22)/t12-/m0/s1. The van der Waals surface area contributed by atoms with Crippen LogP contribution in [0.5, 0.6) is 0 Å². The van der Waals surface area contributed by atoms with Crippen molar-refractivity contribution < 1.29 is 4.74 Å². The lowest BCUT2D eigenvalue weighted by molar-refractivity contribution is 0.0492. The van der Waals surface area contributed by atoms with Gasteiger partial charge in [-0.2, -0.15) is 0 Å². The summed E-state index contributed by atoms with van der Waals surface area (Å²) in [4.78, 5) is 14.3. The zero-order valence-corrected chi connectivity index (χ0v) is 16.9. The molecule has 1 aliphatic carbocycles. The minimum atomic E-state index is 0.0995. The van der Waals surface area contributed by atoms with Crippen LogP contribution in [0, 0.1) is 6.92 Å². The molecule has 9 heteroatoms. The van der Waals surface area contributed by atoms with Crippen LogP contribution in [-0.4, -0.2) is 52.5 Å². The number of rotatable bonds is 4. The summed E-state index contributed by atoms with van der Waals surface area (Å²) < 4.78 is 5.98. The second-order valence-electron chi connectivity index (χ2n) is 7.05. The van der Waals surface area contributed by atoms with Gasteiger partial charge in [0, 0.05) is 24.5 Å². The van der Waals surface area contributed by atoms with E-state index in [2.05, 4.69) is 20.4 Å². The van der Waals surface area contributed by atoms with E-state index in [1.54, 1.807) is 16.8 Å². The van der Waals surface area contributed by atoms with E-state index in [0.29, 0.717) is 6.61 Å². The number of morpholine rings is 1. The Morgan fingerprint density at radius 3 is 3.11 bits per heavy atom. The third-order valence-corrected chi connectivity index (χ3v) is 7.12. The molecule has 3 aromatic heterocycles. The van der Waals surface area contributed by atoms with Crippen LogP contribution in [0.1, 0.15) is 29.1 Å². The number of nitrogens with one attached hydrogen (secondary N) is 1. The zero-order valence-electron chi connectivity index (χ0n) is 15.3. The summed E-state index contributed by atoms with van der Waals surface area (Å²) in [6.45, 7) is 5.08. The largest absolute Gasteiger partial charge is 0.373 e. The van der Waals surface area contributed by atoms with Crippen molar-refractivity contribution in [2.45, 2.75) is 38.7 Å². The van der Waals surface area contributed by atoms with Crippen molar-refractivity contribution in [1.82, 2.24) is 20.2 Å². The molecule has 0 unspecified atom stereocenters. The SMILES string of the molecule is Cc1nc(NC[C@H]2CN(c3nncs3)CCO2)c2c3c(sc2n1)CCCC3. The van der Waals surface area contributed by atoms with Crippen molar-refractivity contribution in [3.63, 3.8) is 0 Å². The monoisotopic (exact) mass is 402 g/mol. The van der Waals surface area contributed by atoms with Crippen molar-refractivity contribution in [2.75, 3.05) is 36.5 Å². The molecule has 0 amide bonds. The van der Waals surface area contributed by atoms with Gasteiger partial charge in [0.2, 0.25) is 5.13 Å². The van der Waals surface area contributed by atoms with E-state index in [0.717, 1.165) is 47.7 Å². The van der Waals surface area contributed by atoms with Gasteiger partial charge in [-0.05, 0) is 38.2 Å². The van der Waals surface area contributed by atoms with Crippen LogP contribution >= 0.6 is 22.7 Å². The molecule has 2 aliphatic rings. The van der Waals surface area contributed by atoms with Gasteiger partial charge in [0.1, 0.15) is 22.0 Å². The normalized spacial score (nSPS) is 20.0. The van der Waals surface area contributed by atoms with Crippen molar-refractivity contribution in [3.8, 4) is 0 Å². The van der Waals surface area contributed by atoms with Gasteiger partial charge >= 0.3 is 0 Å². The number of hydrogen-bond donors (Lipinski definition) is 1. The van der Waals surface area contributed by atoms with E-state index in [1.165, 1.54) is 35.1 Å². The lowest BCUT2D eigenvalue weighted by Gasteiger charge is -2.32. The highest BCUT2D eigenvalue weighted by molar-refractivity contribution is 7.19. The van der Waals surface area contributed by atoms with E-state index in [9.17, 15) is 0 Å². The van der Waals surface area contributed by atoms with Gasteiger partial charge in [-0.1, -0.05) is 11.3 Å². The first-order valence-electron chi connectivity index (χ1n) is 9.43. The average Bonchev–Trinajstić information content (AvgIpc) is 3.34. The van der Waals surface area contributed by atoms with E-state index < -0.39 is 0 Å². The molecule has 3 aromatic rings. The van der Waals surface area contributed by atoms with Crippen LogP contribution in [0.15, 0.2) is 5.51 Å². The predicted octanol–water partition coefficient (Wildman–Crippen LogP) is 3.05. The maximum absolute atomic E-state index is 5.98. The molecule has 1 aliphatic heterocycles. The van der Waals surface area contributed by atoms with Gasteiger partial charge in [0.05, 0.1) is 18.1 Å². The molecule has 142 valence electrons. The van der Waals surface area contributed by atoms with Gasteiger partial charge < -0.3 is 15.0 Å².